The monoisotopic (exact) mass is 775 g/mol. The molecule has 3 N–H and O–H groups in total. The molecule has 0 spiro atoms. The Hall–Kier alpha value is -1.55. The number of aliphatic hydroxyl groups is 2. The van der Waals surface area contributed by atoms with Crippen LogP contribution in [-0.4, -0.2) is 65.7 Å². The van der Waals surface area contributed by atoms with Gasteiger partial charge in [0.05, 0.1) is 19.8 Å². The summed E-state index contributed by atoms with van der Waals surface area (Å²) in [6.45, 7) is 2.35. The van der Waals surface area contributed by atoms with E-state index in [1.165, 1.54) is 109 Å². The van der Waals surface area contributed by atoms with E-state index in [2.05, 4.69) is 42.7 Å². The number of phosphoric acid groups is 1. The van der Waals surface area contributed by atoms with Crippen LogP contribution in [0.15, 0.2) is 24.3 Å². The van der Waals surface area contributed by atoms with Gasteiger partial charge in [0, 0.05) is 12.8 Å². The first-order valence-electron chi connectivity index (χ1n) is 21.3. The van der Waals surface area contributed by atoms with Crippen molar-refractivity contribution in [3.8, 4) is 0 Å². The molecule has 53 heavy (non-hydrogen) atoms. The Balaban J connectivity index is 4.31. The van der Waals surface area contributed by atoms with Crippen LogP contribution in [0.1, 0.15) is 194 Å². The minimum atomic E-state index is -4.62. The second-order valence-electron chi connectivity index (χ2n) is 14.4. The number of carbonyl (C=O) groups excluding carboxylic acids is 2. The largest absolute Gasteiger partial charge is 0.472 e. The molecule has 0 fully saturated rings. The fourth-order valence-electron chi connectivity index (χ4n) is 5.75. The fraction of sp³-hybridized carbons (Fsp3) is 0.857. The van der Waals surface area contributed by atoms with Crippen molar-refractivity contribution in [1.29, 1.82) is 0 Å². The number of hydrogen-bond acceptors (Lipinski definition) is 9. The zero-order valence-corrected chi connectivity index (χ0v) is 34.6. The Kier molecular flexibility index (Phi) is 37.6. The molecular formula is C42H79O10P. The van der Waals surface area contributed by atoms with Crippen molar-refractivity contribution in [3.05, 3.63) is 24.3 Å². The zero-order valence-electron chi connectivity index (χ0n) is 33.7. The van der Waals surface area contributed by atoms with Crippen LogP contribution in [0.2, 0.25) is 0 Å². The number of aliphatic hydroxyl groups excluding tert-OH is 2. The van der Waals surface area contributed by atoms with Crippen molar-refractivity contribution in [3.63, 3.8) is 0 Å². The van der Waals surface area contributed by atoms with E-state index in [9.17, 15) is 24.2 Å². The Morgan fingerprint density at radius 1 is 0.547 bits per heavy atom. The normalized spacial score (nSPS) is 14.1. The number of allylic oxidation sites excluding steroid dienone is 4. The molecular weight excluding hydrogens is 695 g/mol. The van der Waals surface area contributed by atoms with Gasteiger partial charge >= 0.3 is 19.8 Å². The Labute approximate surface area is 323 Å². The van der Waals surface area contributed by atoms with Crippen LogP contribution >= 0.6 is 7.82 Å². The van der Waals surface area contributed by atoms with Gasteiger partial charge in [-0.2, -0.15) is 0 Å². The molecule has 0 aliphatic rings. The summed E-state index contributed by atoms with van der Waals surface area (Å²) >= 11 is 0. The first kappa shape index (κ1) is 51.5. The lowest BCUT2D eigenvalue weighted by Gasteiger charge is -2.20. The third kappa shape index (κ3) is 38.5. The number of hydrogen-bond donors (Lipinski definition) is 3. The molecule has 0 heterocycles. The van der Waals surface area contributed by atoms with Gasteiger partial charge in [-0.25, -0.2) is 4.57 Å². The second-order valence-corrected chi connectivity index (χ2v) is 15.8. The lowest BCUT2D eigenvalue weighted by atomic mass is 10.1. The predicted molar refractivity (Wildman–Crippen MR) is 215 cm³/mol. The van der Waals surface area contributed by atoms with Gasteiger partial charge in [-0.15, -0.1) is 0 Å². The molecule has 0 aliphatic carbocycles. The minimum absolute atomic E-state index is 0.181. The van der Waals surface area contributed by atoms with E-state index in [0.717, 1.165) is 44.9 Å². The van der Waals surface area contributed by atoms with Crippen LogP contribution in [0, 0.1) is 0 Å². The highest BCUT2D eigenvalue weighted by molar-refractivity contribution is 7.47. The summed E-state index contributed by atoms with van der Waals surface area (Å²) in [5, 5.41) is 18.3. The molecule has 0 aromatic carbocycles. The van der Waals surface area contributed by atoms with Gasteiger partial charge in [0.2, 0.25) is 0 Å². The predicted octanol–water partition coefficient (Wildman–Crippen LogP) is 11.0. The van der Waals surface area contributed by atoms with Gasteiger partial charge in [0.1, 0.15) is 12.7 Å². The van der Waals surface area contributed by atoms with Gasteiger partial charge in [-0.05, 0) is 64.2 Å². The molecule has 0 amide bonds. The summed E-state index contributed by atoms with van der Waals surface area (Å²) in [7, 11) is -4.62. The molecule has 0 bridgehead atoms. The number of unbranched alkanes of at least 4 members (excludes halogenated alkanes) is 22. The molecule has 1 unspecified atom stereocenters. The van der Waals surface area contributed by atoms with Gasteiger partial charge in [0.25, 0.3) is 0 Å². The Morgan fingerprint density at radius 3 is 1.40 bits per heavy atom. The van der Waals surface area contributed by atoms with E-state index >= 15 is 0 Å². The molecule has 0 aromatic rings. The Bertz CT molecular complexity index is 941. The maximum atomic E-state index is 12.6. The maximum absolute atomic E-state index is 12.6. The molecule has 0 saturated carbocycles. The van der Waals surface area contributed by atoms with Crippen molar-refractivity contribution >= 4 is 19.8 Å². The summed E-state index contributed by atoms with van der Waals surface area (Å²) in [5.41, 5.74) is 0. The first-order chi connectivity index (χ1) is 25.7. The number of phosphoric ester groups is 1. The van der Waals surface area contributed by atoms with E-state index in [4.69, 9.17) is 19.1 Å². The average molecular weight is 775 g/mol. The lowest BCUT2D eigenvalue weighted by molar-refractivity contribution is -0.161. The summed E-state index contributed by atoms with van der Waals surface area (Å²) in [5.74, 6) is -0.942. The van der Waals surface area contributed by atoms with Crippen LogP contribution in [0.25, 0.3) is 0 Å². The molecule has 10 nitrogen and oxygen atoms in total. The third-order valence-electron chi connectivity index (χ3n) is 9.08. The number of rotatable bonds is 40. The fourth-order valence-corrected chi connectivity index (χ4v) is 6.54. The second kappa shape index (κ2) is 38.7. The highest BCUT2D eigenvalue weighted by Gasteiger charge is 2.27. The molecule has 312 valence electrons. The first-order valence-corrected chi connectivity index (χ1v) is 22.8. The standard InChI is InChI=1S/C42H79O10P/c1-3-5-7-9-11-13-15-17-18-19-20-22-24-26-28-30-32-34-42(46)52-40(38-51-53(47,48)50-36-39(44)35-43)37-49-41(45)33-31-29-27-25-23-21-16-14-12-10-8-6-4-2/h13,15,21,23,39-40,43-44H,3-12,14,16-20,22,24-38H2,1-2H3,(H,47,48)/b15-13+,23-21+/t39-,40+/m0/s1. The summed E-state index contributed by atoms with van der Waals surface area (Å²) in [6.07, 6.45) is 37.1. The van der Waals surface area contributed by atoms with Gasteiger partial charge < -0.3 is 24.6 Å². The minimum Gasteiger partial charge on any atom is -0.462 e. The van der Waals surface area contributed by atoms with E-state index in [1.807, 2.05) is 0 Å². The van der Waals surface area contributed by atoms with Crippen molar-refractivity contribution < 1.29 is 47.8 Å². The molecule has 0 radical (unpaired) electrons. The summed E-state index contributed by atoms with van der Waals surface area (Å²) < 4.78 is 32.7. The Morgan fingerprint density at radius 2 is 0.925 bits per heavy atom. The van der Waals surface area contributed by atoms with Crippen molar-refractivity contribution in [2.75, 3.05) is 26.4 Å². The quantitative estimate of drug-likeness (QED) is 0.0238. The SMILES string of the molecule is CCCCCC/C=C/CCCCCCCCCCCC(=O)O[C@H](COC(=O)CCCCC/C=C/CCCCCCCC)COP(=O)(O)OC[C@@H](O)CO. The van der Waals surface area contributed by atoms with E-state index in [-0.39, 0.29) is 19.4 Å². The third-order valence-corrected chi connectivity index (χ3v) is 10.0. The van der Waals surface area contributed by atoms with Crippen LogP contribution in [0.3, 0.4) is 0 Å². The topological polar surface area (TPSA) is 149 Å². The number of ether oxygens (including phenoxy) is 2. The van der Waals surface area contributed by atoms with Crippen LogP contribution in [-0.2, 0) is 32.7 Å². The van der Waals surface area contributed by atoms with Gasteiger partial charge in [-0.1, -0.05) is 141 Å². The van der Waals surface area contributed by atoms with E-state index in [1.54, 1.807) is 0 Å². The highest BCUT2D eigenvalue weighted by atomic mass is 31.2. The molecule has 0 aromatic heterocycles. The van der Waals surface area contributed by atoms with Gasteiger partial charge in [-0.3, -0.25) is 18.6 Å². The number of carbonyl (C=O) groups is 2. The lowest BCUT2D eigenvalue weighted by Crippen LogP contribution is -2.29. The molecule has 0 rings (SSSR count). The summed E-state index contributed by atoms with van der Waals surface area (Å²) in [6, 6.07) is 0. The molecule has 3 atom stereocenters. The smallest absolute Gasteiger partial charge is 0.462 e. The van der Waals surface area contributed by atoms with Crippen LogP contribution < -0.4 is 0 Å². The molecule has 0 aliphatic heterocycles. The van der Waals surface area contributed by atoms with Crippen LogP contribution in [0.4, 0.5) is 0 Å². The van der Waals surface area contributed by atoms with Crippen molar-refractivity contribution in [2.24, 2.45) is 0 Å². The van der Waals surface area contributed by atoms with Gasteiger partial charge in [0.15, 0.2) is 6.10 Å². The van der Waals surface area contributed by atoms with E-state index < -0.39 is 51.8 Å². The van der Waals surface area contributed by atoms with Crippen LogP contribution in [0.5, 0.6) is 0 Å². The van der Waals surface area contributed by atoms with E-state index in [0.29, 0.717) is 12.8 Å². The summed E-state index contributed by atoms with van der Waals surface area (Å²) in [4.78, 5) is 34.9. The molecule has 0 saturated heterocycles. The average Bonchev–Trinajstić information content (AvgIpc) is 3.14. The van der Waals surface area contributed by atoms with Crippen molar-refractivity contribution in [1.82, 2.24) is 0 Å². The number of esters is 2. The maximum Gasteiger partial charge on any atom is 0.472 e. The molecule has 11 heteroatoms. The highest BCUT2D eigenvalue weighted by Crippen LogP contribution is 2.43. The zero-order chi connectivity index (χ0) is 39.1. The van der Waals surface area contributed by atoms with Crippen molar-refractivity contribution in [2.45, 2.75) is 206 Å².